The lowest BCUT2D eigenvalue weighted by atomic mass is 9.98. The van der Waals surface area contributed by atoms with Gasteiger partial charge in [0, 0.05) is 18.6 Å². The van der Waals surface area contributed by atoms with E-state index in [9.17, 15) is 0 Å². The maximum absolute atomic E-state index is 5.41. The number of nitrogens with two attached hydrogens (primary N) is 2. The van der Waals surface area contributed by atoms with Gasteiger partial charge in [-0.3, -0.25) is 21.4 Å². The summed E-state index contributed by atoms with van der Waals surface area (Å²) in [6.07, 6.45) is 2.24. The van der Waals surface area contributed by atoms with Crippen LogP contribution in [-0.4, -0.2) is 35.5 Å². The van der Waals surface area contributed by atoms with Gasteiger partial charge in [-0.15, -0.1) is 0 Å². The lowest BCUT2D eigenvalue weighted by Gasteiger charge is -2.39. The third-order valence-corrected chi connectivity index (χ3v) is 2.81. The lowest BCUT2D eigenvalue weighted by Crippen LogP contribution is -2.85. The molecule has 0 unspecified atom stereocenters. The van der Waals surface area contributed by atoms with Gasteiger partial charge < -0.3 is 0 Å². The maximum Gasteiger partial charge on any atom is 0.338 e. The highest BCUT2D eigenvalue weighted by atomic mass is 15.2. The molecule has 0 saturated carbocycles. The van der Waals surface area contributed by atoms with E-state index >= 15 is 0 Å². The van der Waals surface area contributed by atoms with E-state index in [0.717, 1.165) is 25.9 Å². The molecule has 0 aromatic carbocycles. The summed E-state index contributed by atoms with van der Waals surface area (Å²) in [4.78, 5) is 5.60. The number of likely N-dealkylation sites (tertiary alicyclic amines) is 1. The molecule has 1 rings (SSSR count). The Bertz CT molecular complexity index is 205. The van der Waals surface area contributed by atoms with E-state index in [2.05, 4.69) is 30.7 Å². The van der Waals surface area contributed by atoms with Crippen molar-refractivity contribution in [2.24, 2.45) is 11.5 Å². The van der Waals surface area contributed by atoms with Crippen LogP contribution in [0.2, 0.25) is 0 Å². The molecule has 82 valence electrons. The normalized spacial score (nSPS) is 20.8. The Hall–Kier alpha value is -0.770. The number of nitrogens with zero attached hydrogens (tertiary/aromatic N) is 1. The van der Waals surface area contributed by atoms with Gasteiger partial charge in [0.1, 0.15) is 0 Å². The van der Waals surface area contributed by atoms with Gasteiger partial charge in [-0.05, 0) is 33.6 Å². The molecular formula is C10H23N4+. The molecule has 1 fully saturated rings. The molecule has 0 radical (unpaired) electrons. The summed E-state index contributed by atoms with van der Waals surface area (Å²) in [7, 11) is 0. The summed E-state index contributed by atoms with van der Waals surface area (Å²) < 4.78 is 0. The highest BCUT2D eigenvalue weighted by molar-refractivity contribution is 5.69. The van der Waals surface area contributed by atoms with Crippen LogP contribution in [0.15, 0.2) is 0 Å². The van der Waals surface area contributed by atoms with Gasteiger partial charge in [0.2, 0.25) is 0 Å². The van der Waals surface area contributed by atoms with E-state index in [-0.39, 0.29) is 5.54 Å². The van der Waals surface area contributed by atoms with Gasteiger partial charge in [0.15, 0.2) is 0 Å². The Kier molecular flexibility index (Phi) is 3.37. The Morgan fingerprint density at radius 1 is 1.21 bits per heavy atom. The van der Waals surface area contributed by atoms with Crippen molar-refractivity contribution in [2.75, 3.05) is 13.1 Å². The molecule has 0 spiro atoms. The predicted octanol–water partition coefficient (Wildman–Crippen LogP) is -1.40. The van der Waals surface area contributed by atoms with Crippen molar-refractivity contribution in [1.29, 1.82) is 0 Å². The van der Waals surface area contributed by atoms with Crippen molar-refractivity contribution < 1.29 is 4.99 Å². The number of piperidine rings is 1. The maximum atomic E-state index is 5.41. The first kappa shape index (κ1) is 11.3. The van der Waals surface area contributed by atoms with Crippen LogP contribution < -0.4 is 16.5 Å². The van der Waals surface area contributed by atoms with Crippen LogP contribution in [0, 0.1) is 0 Å². The van der Waals surface area contributed by atoms with Crippen molar-refractivity contribution in [2.45, 2.75) is 45.2 Å². The summed E-state index contributed by atoms with van der Waals surface area (Å²) in [5.74, 6) is 0.346. The molecule has 0 aliphatic carbocycles. The van der Waals surface area contributed by atoms with Crippen molar-refractivity contribution >= 4 is 5.96 Å². The fraction of sp³-hybridized carbons (Fsp3) is 0.900. The van der Waals surface area contributed by atoms with Gasteiger partial charge >= 0.3 is 5.96 Å². The average molecular weight is 199 g/mol. The molecular weight excluding hydrogens is 176 g/mol. The Morgan fingerprint density at radius 3 is 2.07 bits per heavy atom. The third-order valence-electron chi connectivity index (χ3n) is 2.81. The first-order valence-corrected chi connectivity index (χ1v) is 5.29. The highest BCUT2D eigenvalue weighted by Crippen LogP contribution is 2.18. The minimum atomic E-state index is 0.281. The van der Waals surface area contributed by atoms with Crippen LogP contribution in [0.25, 0.3) is 0 Å². The van der Waals surface area contributed by atoms with Crippen molar-refractivity contribution in [3.8, 4) is 0 Å². The van der Waals surface area contributed by atoms with Crippen LogP contribution in [0.1, 0.15) is 33.6 Å². The molecule has 0 aromatic rings. The fourth-order valence-corrected chi connectivity index (χ4v) is 1.93. The SMILES string of the molecule is CC(C)(C)N1CCC([NH+]=C(N)N)CC1. The molecule has 1 saturated heterocycles. The second kappa shape index (κ2) is 4.17. The number of nitrogens with one attached hydrogen (secondary N) is 1. The number of guanidine groups is 1. The van der Waals surface area contributed by atoms with Crippen LogP contribution in [0.3, 0.4) is 0 Å². The van der Waals surface area contributed by atoms with Crippen molar-refractivity contribution in [1.82, 2.24) is 4.90 Å². The van der Waals surface area contributed by atoms with Crippen LogP contribution in [-0.2, 0) is 0 Å². The van der Waals surface area contributed by atoms with Gasteiger partial charge in [-0.1, -0.05) is 0 Å². The first-order chi connectivity index (χ1) is 6.39. The zero-order valence-corrected chi connectivity index (χ0v) is 9.51. The fourth-order valence-electron chi connectivity index (χ4n) is 1.93. The van der Waals surface area contributed by atoms with E-state index in [1.807, 2.05) is 0 Å². The summed E-state index contributed by atoms with van der Waals surface area (Å²) in [5.41, 5.74) is 11.1. The Labute approximate surface area is 86.4 Å². The summed E-state index contributed by atoms with van der Waals surface area (Å²) in [5, 5.41) is 0. The molecule has 0 amide bonds. The van der Waals surface area contributed by atoms with Gasteiger partial charge in [-0.25, -0.2) is 0 Å². The van der Waals surface area contributed by atoms with E-state index in [1.54, 1.807) is 0 Å². The minimum Gasteiger partial charge on any atom is -0.298 e. The van der Waals surface area contributed by atoms with Crippen LogP contribution in [0.5, 0.6) is 0 Å². The van der Waals surface area contributed by atoms with Crippen molar-refractivity contribution in [3.63, 3.8) is 0 Å². The van der Waals surface area contributed by atoms with Gasteiger partial charge in [-0.2, -0.15) is 0 Å². The molecule has 14 heavy (non-hydrogen) atoms. The molecule has 5 N–H and O–H groups in total. The smallest absolute Gasteiger partial charge is 0.298 e. The van der Waals surface area contributed by atoms with Crippen LogP contribution >= 0.6 is 0 Å². The highest BCUT2D eigenvalue weighted by Gasteiger charge is 2.27. The topological polar surface area (TPSA) is 69.2 Å². The summed E-state index contributed by atoms with van der Waals surface area (Å²) >= 11 is 0. The molecule has 0 aromatic heterocycles. The molecule has 1 heterocycles. The van der Waals surface area contributed by atoms with Gasteiger partial charge in [0.25, 0.3) is 0 Å². The molecule has 1 aliphatic heterocycles. The quantitative estimate of drug-likeness (QED) is 0.359. The monoisotopic (exact) mass is 199 g/mol. The Balaban J connectivity index is 2.43. The summed E-state index contributed by atoms with van der Waals surface area (Å²) in [6, 6.07) is 0.457. The molecule has 1 aliphatic rings. The molecule has 4 nitrogen and oxygen atoms in total. The second-order valence-electron chi connectivity index (χ2n) is 5.03. The van der Waals surface area contributed by atoms with Crippen molar-refractivity contribution in [3.05, 3.63) is 0 Å². The van der Waals surface area contributed by atoms with E-state index in [4.69, 9.17) is 11.5 Å². The van der Waals surface area contributed by atoms with Crippen LogP contribution in [0.4, 0.5) is 0 Å². The number of hydrogen-bond acceptors (Lipinski definition) is 1. The van der Waals surface area contributed by atoms with E-state index in [0.29, 0.717) is 12.0 Å². The molecule has 0 atom stereocenters. The number of rotatable bonds is 1. The second-order valence-corrected chi connectivity index (χ2v) is 5.03. The zero-order chi connectivity index (χ0) is 10.8. The molecule has 0 bridgehead atoms. The number of hydrogen-bond donors (Lipinski definition) is 3. The zero-order valence-electron chi connectivity index (χ0n) is 9.51. The van der Waals surface area contributed by atoms with E-state index in [1.165, 1.54) is 0 Å². The van der Waals surface area contributed by atoms with Gasteiger partial charge in [0.05, 0.1) is 6.04 Å². The van der Waals surface area contributed by atoms with E-state index < -0.39 is 0 Å². The minimum absolute atomic E-state index is 0.281. The average Bonchev–Trinajstić information content (AvgIpc) is 2.02. The Morgan fingerprint density at radius 2 is 1.71 bits per heavy atom. The third kappa shape index (κ3) is 3.18. The lowest BCUT2D eigenvalue weighted by molar-refractivity contribution is -0.510. The first-order valence-electron chi connectivity index (χ1n) is 5.29. The summed E-state index contributed by atoms with van der Waals surface area (Å²) in [6.45, 7) is 9.00. The predicted molar refractivity (Wildman–Crippen MR) is 58.7 cm³/mol. The standard InChI is InChI=1S/C10H22N4/c1-10(2,3)14-6-4-8(5-7-14)13-9(11)12/h8H,4-7H2,1-3H3,(H4,11,12,13)/p+1. The largest absolute Gasteiger partial charge is 0.338 e. The molecule has 4 heteroatoms.